The molecule has 0 amide bonds. The highest BCUT2D eigenvalue weighted by atomic mass is 32.2. The number of rotatable bonds is 3. The van der Waals surface area contributed by atoms with Crippen molar-refractivity contribution in [3.63, 3.8) is 0 Å². The minimum Gasteiger partial charge on any atom is -0.469 e. The van der Waals surface area contributed by atoms with Crippen molar-refractivity contribution in [3.8, 4) is 11.5 Å². The maximum atomic E-state index is 13.5. The molecule has 0 fully saturated rings. The van der Waals surface area contributed by atoms with E-state index in [9.17, 15) is 17.6 Å². The first kappa shape index (κ1) is 14.6. The fourth-order valence-electron chi connectivity index (χ4n) is 1.61. The first-order valence-electron chi connectivity index (χ1n) is 5.73. The van der Waals surface area contributed by atoms with Crippen molar-refractivity contribution in [2.24, 2.45) is 0 Å². The van der Waals surface area contributed by atoms with Gasteiger partial charge in [0, 0.05) is 0 Å². The molecule has 114 valence electrons. The quantitative estimate of drug-likeness (QED) is 0.538. The Morgan fingerprint density at radius 1 is 1.05 bits per heavy atom. The minimum atomic E-state index is -1.76. The molecule has 3 rings (SSSR count). The second-order valence-electron chi connectivity index (χ2n) is 4.02. The minimum absolute atomic E-state index is 0.0459. The van der Waals surface area contributed by atoms with Crippen LogP contribution in [-0.4, -0.2) is 15.2 Å². The summed E-state index contributed by atoms with van der Waals surface area (Å²) < 4.78 is 63.3. The standard InChI is InChI=1S/C12H5F4N3O2S/c1-4-5(2-3-20-4)11-18-19-12(21-11)22-8-6(13)9(15)17-10(16)7(8)14/h2-3H,1H3. The zero-order chi connectivity index (χ0) is 15.9. The van der Waals surface area contributed by atoms with Gasteiger partial charge in [-0.05, 0) is 24.8 Å². The first-order valence-corrected chi connectivity index (χ1v) is 6.55. The van der Waals surface area contributed by atoms with E-state index >= 15 is 0 Å². The maximum absolute atomic E-state index is 13.5. The fraction of sp³-hybridized carbons (Fsp3) is 0.0833. The van der Waals surface area contributed by atoms with Gasteiger partial charge in [-0.1, -0.05) is 0 Å². The Morgan fingerprint density at radius 3 is 2.32 bits per heavy atom. The molecular formula is C12H5F4N3O2S. The average molecular weight is 331 g/mol. The summed E-state index contributed by atoms with van der Waals surface area (Å²) in [4.78, 5) is 1.50. The van der Waals surface area contributed by atoms with E-state index in [1.54, 1.807) is 13.0 Å². The Balaban J connectivity index is 1.96. The topological polar surface area (TPSA) is 65.0 Å². The van der Waals surface area contributed by atoms with Gasteiger partial charge in [0.1, 0.15) is 5.76 Å². The number of hydrogen-bond acceptors (Lipinski definition) is 6. The first-order chi connectivity index (χ1) is 10.5. The van der Waals surface area contributed by atoms with Crippen LogP contribution in [0.5, 0.6) is 0 Å². The molecule has 0 saturated carbocycles. The maximum Gasteiger partial charge on any atom is 0.281 e. The Kier molecular flexibility index (Phi) is 3.61. The van der Waals surface area contributed by atoms with E-state index in [1.807, 2.05) is 0 Å². The van der Waals surface area contributed by atoms with Gasteiger partial charge in [0.2, 0.25) is 0 Å². The van der Waals surface area contributed by atoms with Crippen molar-refractivity contribution in [3.05, 3.63) is 41.6 Å². The van der Waals surface area contributed by atoms with E-state index in [4.69, 9.17) is 8.83 Å². The van der Waals surface area contributed by atoms with Gasteiger partial charge in [0.25, 0.3) is 23.0 Å². The van der Waals surface area contributed by atoms with Crippen LogP contribution in [0, 0.1) is 30.5 Å². The molecule has 0 aromatic carbocycles. The third kappa shape index (κ3) is 2.45. The van der Waals surface area contributed by atoms with Crippen LogP contribution in [0.15, 0.2) is 31.3 Å². The van der Waals surface area contributed by atoms with Crippen LogP contribution >= 0.6 is 11.8 Å². The van der Waals surface area contributed by atoms with Crippen LogP contribution in [0.3, 0.4) is 0 Å². The summed E-state index contributed by atoms with van der Waals surface area (Å²) in [6, 6.07) is 1.56. The molecule has 0 aliphatic rings. The molecule has 0 saturated heterocycles. The summed E-state index contributed by atoms with van der Waals surface area (Å²) >= 11 is 0.252. The molecule has 0 aliphatic heterocycles. The molecule has 3 aromatic heterocycles. The number of nitrogens with zero attached hydrogens (tertiary/aromatic N) is 3. The second-order valence-corrected chi connectivity index (χ2v) is 4.98. The van der Waals surface area contributed by atoms with E-state index in [0.717, 1.165) is 0 Å². The third-order valence-electron chi connectivity index (χ3n) is 2.64. The SMILES string of the molecule is Cc1occc1-c1nnc(Sc2c(F)c(F)nc(F)c2F)o1. The molecule has 0 atom stereocenters. The van der Waals surface area contributed by atoms with Crippen molar-refractivity contribution in [2.75, 3.05) is 0 Å². The predicted molar refractivity (Wildman–Crippen MR) is 64.9 cm³/mol. The summed E-state index contributed by atoms with van der Waals surface area (Å²) in [6.45, 7) is 1.65. The Morgan fingerprint density at radius 2 is 1.73 bits per heavy atom. The largest absolute Gasteiger partial charge is 0.469 e. The van der Waals surface area contributed by atoms with Gasteiger partial charge < -0.3 is 8.83 Å². The molecule has 0 unspecified atom stereocenters. The summed E-state index contributed by atoms with van der Waals surface area (Å²) in [6.07, 6.45) is 1.40. The highest BCUT2D eigenvalue weighted by molar-refractivity contribution is 7.99. The molecule has 0 bridgehead atoms. The molecule has 0 radical (unpaired) electrons. The van der Waals surface area contributed by atoms with Crippen LogP contribution < -0.4 is 0 Å². The molecular weight excluding hydrogens is 326 g/mol. The van der Waals surface area contributed by atoms with Gasteiger partial charge in [-0.2, -0.15) is 13.8 Å². The Labute approximate surface area is 124 Å². The molecule has 0 spiro atoms. The number of aromatic nitrogens is 3. The Hall–Kier alpha value is -2.36. The van der Waals surface area contributed by atoms with E-state index in [0.29, 0.717) is 11.3 Å². The summed E-state index contributed by atoms with van der Waals surface area (Å²) in [5, 5.41) is 6.94. The van der Waals surface area contributed by atoms with Crippen molar-refractivity contribution in [2.45, 2.75) is 17.0 Å². The van der Waals surface area contributed by atoms with Crippen molar-refractivity contribution in [1.29, 1.82) is 0 Å². The van der Waals surface area contributed by atoms with E-state index < -0.39 is 28.4 Å². The number of halogens is 4. The third-order valence-corrected chi connectivity index (χ3v) is 3.54. The van der Waals surface area contributed by atoms with Crippen LogP contribution in [0.4, 0.5) is 17.6 Å². The van der Waals surface area contributed by atoms with Gasteiger partial charge in [0.15, 0.2) is 11.6 Å². The van der Waals surface area contributed by atoms with Gasteiger partial charge in [-0.15, -0.1) is 10.2 Å². The lowest BCUT2D eigenvalue weighted by atomic mass is 10.3. The van der Waals surface area contributed by atoms with Crippen molar-refractivity contribution >= 4 is 11.8 Å². The molecule has 0 aliphatic carbocycles. The van der Waals surface area contributed by atoms with Crippen LogP contribution in [-0.2, 0) is 0 Å². The van der Waals surface area contributed by atoms with Gasteiger partial charge >= 0.3 is 0 Å². The number of furan rings is 1. The highest BCUT2D eigenvalue weighted by Crippen LogP contribution is 2.34. The van der Waals surface area contributed by atoms with Gasteiger partial charge in [-0.25, -0.2) is 8.78 Å². The molecule has 5 nitrogen and oxygen atoms in total. The smallest absolute Gasteiger partial charge is 0.281 e. The monoisotopic (exact) mass is 331 g/mol. The molecule has 10 heteroatoms. The van der Waals surface area contributed by atoms with Crippen molar-refractivity contribution < 1.29 is 26.4 Å². The highest BCUT2D eigenvalue weighted by Gasteiger charge is 2.24. The zero-order valence-electron chi connectivity index (χ0n) is 10.7. The molecule has 3 heterocycles. The predicted octanol–water partition coefficient (Wildman–Crippen LogP) is 3.74. The van der Waals surface area contributed by atoms with Crippen LogP contribution in [0.25, 0.3) is 11.5 Å². The fourth-order valence-corrected chi connectivity index (χ4v) is 2.34. The number of pyridine rings is 1. The van der Waals surface area contributed by atoms with Crippen LogP contribution in [0.1, 0.15) is 5.76 Å². The Bertz CT molecular complexity index is 823. The number of aryl methyl sites for hydroxylation is 1. The van der Waals surface area contributed by atoms with E-state index in [1.165, 1.54) is 6.26 Å². The average Bonchev–Trinajstić information content (AvgIpc) is 3.10. The van der Waals surface area contributed by atoms with Gasteiger partial charge in [0.05, 0.1) is 16.7 Å². The molecule has 22 heavy (non-hydrogen) atoms. The zero-order valence-corrected chi connectivity index (χ0v) is 11.5. The molecule has 3 aromatic rings. The normalized spacial score (nSPS) is 11.1. The summed E-state index contributed by atoms with van der Waals surface area (Å²) in [5.74, 6) is -6.24. The van der Waals surface area contributed by atoms with E-state index in [2.05, 4.69) is 15.2 Å². The lowest BCUT2D eigenvalue weighted by Gasteiger charge is -2.02. The number of hydrogen-bond donors (Lipinski definition) is 0. The lowest BCUT2D eigenvalue weighted by molar-refractivity contribution is 0.382. The summed E-state index contributed by atoms with van der Waals surface area (Å²) in [7, 11) is 0. The molecule has 0 N–H and O–H groups in total. The second kappa shape index (κ2) is 5.44. The van der Waals surface area contributed by atoms with Crippen molar-refractivity contribution in [1.82, 2.24) is 15.2 Å². The van der Waals surface area contributed by atoms with Gasteiger partial charge in [-0.3, -0.25) is 0 Å². The lowest BCUT2D eigenvalue weighted by Crippen LogP contribution is -2.01. The summed E-state index contributed by atoms with van der Waals surface area (Å²) in [5.41, 5.74) is 0.493. The van der Waals surface area contributed by atoms with E-state index in [-0.39, 0.29) is 22.9 Å². The van der Waals surface area contributed by atoms with Crippen LogP contribution in [0.2, 0.25) is 0 Å².